The van der Waals surface area contributed by atoms with Gasteiger partial charge >= 0.3 is 5.97 Å². The van der Waals surface area contributed by atoms with Crippen LogP contribution in [0, 0.1) is 0 Å². The Morgan fingerprint density at radius 3 is 2.69 bits per heavy atom. The standard InChI is InChI=1S/C17H17Cl2NO5S/c1-2-23-17(22)13(9-26)20-16(21)15-6-4-11(25-15)8-24-14-5-3-10(18)7-12(14)19/h3-7,13,26H,2,8-9H2,1H3,(H,20,21)/t13-/m0/s1. The maximum absolute atomic E-state index is 12.2. The van der Waals surface area contributed by atoms with Crippen LogP contribution in [0.3, 0.4) is 0 Å². The van der Waals surface area contributed by atoms with E-state index in [0.717, 1.165) is 0 Å². The lowest BCUT2D eigenvalue weighted by Crippen LogP contribution is -2.43. The van der Waals surface area contributed by atoms with Crippen molar-refractivity contribution in [3.8, 4) is 5.75 Å². The van der Waals surface area contributed by atoms with E-state index < -0.39 is 17.9 Å². The maximum atomic E-state index is 12.2. The first-order chi connectivity index (χ1) is 12.4. The van der Waals surface area contributed by atoms with Gasteiger partial charge in [-0.2, -0.15) is 12.6 Å². The van der Waals surface area contributed by atoms with Gasteiger partial charge in [0.2, 0.25) is 0 Å². The number of hydrogen-bond donors (Lipinski definition) is 2. The van der Waals surface area contributed by atoms with Gasteiger partial charge in [-0.05, 0) is 37.3 Å². The van der Waals surface area contributed by atoms with Gasteiger partial charge in [0.1, 0.15) is 24.2 Å². The molecule has 2 aromatic rings. The normalized spacial score (nSPS) is 11.7. The van der Waals surface area contributed by atoms with E-state index in [1.165, 1.54) is 6.07 Å². The molecule has 0 unspecified atom stereocenters. The lowest BCUT2D eigenvalue weighted by atomic mass is 10.3. The van der Waals surface area contributed by atoms with Crippen LogP contribution >= 0.6 is 35.8 Å². The second-order valence-corrected chi connectivity index (χ2v) is 6.30. The molecule has 0 saturated heterocycles. The molecule has 0 bridgehead atoms. The third-order valence-corrected chi connectivity index (χ3v) is 4.10. The quantitative estimate of drug-likeness (QED) is 0.504. The molecule has 0 fully saturated rings. The average molecular weight is 418 g/mol. The van der Waals surface area contributed by atoms with Crippen molar-refractivity contribution in [2.75, 3.05) is 12.4 Å². The largest absolute Gasteiger partial charge is 0.484 e. The number of thiol groups is 1. The number of benzene rings is 1. The molecule has 1 amide bonds. The number of ether oxygens (including phenoxy) is 2. The van der Waals surface area contributed by atoms with Crippen LogP contribution in [-0.4, -0.2) is 30.3 Å². The van der Waals surface area contributed by atoms with E-state index in [1.54, 1.807) is 31.2 Å². The van der Waals surface area contributed by atoms with Crippen LogP contribution in [0.1, 0.15) is 23.2 Å². The van der Waals surface area contributed by atoms with E-state index in [9.17, 15) is 9.59 Å². The Morgan fingerprint density at radius 1 is 1.27 bits per heavy atom. The first kappa shape index (κ1) is 20.5. The summed E-state index contributed by atoms with van der Waals surface area (Å²) in [5.74, 6) is -0.0928. The van der Waals surface area contributed by atoms with Crippen LogP contribution in [-0.2, 0) is 16.1 Å². The minimum Gasteiger partial charge on any atom is -0.484 e. The summed E-state index contributed by atoms with van der Waals surface area (Å²) < 4.78 is 15.8. The average Bonchev–Trinajstić information content (AvgIpc) is 3.08. The molecule has 0 radical (unpaired) electrons. The molecule has 1 aromatic carbocycles. The molecule has 0 aliphatic heterocycles. The Bertz CT molecular complexity index is 780. The van der Waals surface area contributed by atoms with Gasteiger partial charge in [-0.1, -0.05) is 23.2 Å². The van der Waals surface area contributed by atoms with E-state index in [0.29, 0.717) is 21.6 Å². The van der Waals surface area contributed by atoms with Crippen LogP contribution in [0.4, 0.5) is 0 Å². The fourth-order valence-corrected chi connectivity index (χ4v) is 2.67. The summed E-state index contributed by atoms with van der Waals surface area (Å²) in [6, 6.07) is 7.07. The fourth-order valence-electron chi connectivity index (χ4n) is 1.97. The summed E-state index contributed by atoms with van der Waals surface area (Å²) in [7, 11) is 0. The van der Waals surface area contributed by atoms with E-state index in [-0.39, 0.29) is 24.7 Å². The number of hydrogen-bond acceptors (Lipinski definition) is 6. The van der Waals surface area contributed by atoms with E-state index in [2.05, 4.69) is 17.9 Å². The molecular weight excluding hydrogens is 401 g/mol. The third kappa shape index (κ3) is 5.59. The maximum Gasteiger partial charge on any atom is 0.329 e. The topological polar surface area (TPSA) is 77.8 Å². The minimum absolute atomic E-state index is 0.0434. The van der Waals surface area contributed by atoms with Crippen molar-refractivity contribution >= 4 is 47.7 Å². The van der Waals surface area contributed by atoms with Gasteiger partial charge in [0.15, 0.2) is 5.76 Å². The zero-order valence-electron chi connectivity index (χ0n) is 13.8. The zero-order chi connectivity index (χ0) is 19.1. The number of amides is 1. The Kier molecular flexibility index (Phi) is 7.68. The number of nitrogens with one attached hydrogen (secondary N) is 1. The number of carbonyl (C=O) groups excluding carboxylic acids is 2. The highest BCUT2D eigenvalue weighted by molar-refractivity contribution is 7.80. The van der Waals surface area contributed by atoms with Gasteiger partial charge < -0.3 is 19.2 Å². The van der Waals surface area contributed by atoms with Crippen molar-refractivity contribution in [2.24, 2.45) is 0 Å². The molecule has 0 spiro atoms. The van der Waals surface area contributed by atoms with Crippen molar-refractivity contribution in [2.45, 2.75) is 19.6 Å². The Balaban J connectivity index is 1.95. The molecule has 9 heteroatoms. The molecular formula is C17H17Cl2NO5S. The molecule has 1 aromatic heterocycles. The van der Waals surface area contributed by atoms with Crippen molar-refractivity contribution in [1.29, 1.82) is 0 Å². The molecule has 1 heterocycles. The van der Waals surface area contributed by atoms with Gasteiger partial charge in [-0.3, -0.25) is 4.79 Å². The molecule has 2 rings (SSSR count). The second kappa shape index (κ2) is 9.75. The van der Waals surface area contributed by atoms with Crippen LogP contribution < -0.4 is 10.1 Å². The highest BCUT2D eigenvalue weighted by Gasteiger charge is 2.22. The lowest BCUT2D eigenvalue weighted by molar-refractivity contribution is -0.144. The smallest absolute Gasteiger partial charge is 0.329 e. The highest BCUT2D eigenvalue weighted by Crippen LogP contribution is 2.28. The van der Waals surface area contributed by atoms with Crippen LogP contribution in [0.25, 0.3) is 0 Å². The molecule has 1 atom stereocenters. The fraction of sp³-hybridized carbons (Fsp3) is 0.294. The van der Waals surface area contributed by atoms with Gasteiger partial charge in [0.25, 0.3) is 5.91 Å². The molecule has 140 valence electrons. The van der Waals surface area contributed by atoms with E-state index in [4.69, 9.17) is 37.1 Å². The molecule has 0 aliphatic rings. The van der Waals surface area contributed by atoms with Crippen molar-refractivity contribution in [3.63, 3.8) is 0 Å². The molecule has 0 saturated carbocycles. The van der Waals surface area contributed by atoms with Crippen LogP contribution in [0.2, 0.25) is 10.0 Å². The van der Waals surface area contributed by atoms with E-state index in [1.807, 2.05) is 0 Å². The van der Waals surface area contributed by atoms with Crippen LogP contribution in [0.5, 0.6) is 5.75 Å². The van der Waals surface area contributed by atoms with Crippen molar-refractivity contribution < 1.29 is 23.5 Å². The van der Waals surface area contributed by atoms with Gasteiger partial charge in [-0.25, -0.2) is 4.79 Å². The van der Waals surface area contributed by atoms with Crippen LogP contribution in [0.15, 0.2) is 34.7 Å². The monoisotopic (exact) mass is 417 g/mol. The summed E-state index contributed by atoms with van der Waals surface area (Å²) in [5.41, 5.74) is 0. The molecule has 0 aliphatic carbocycles. The first-order valence-electron chi connectivity index (χ1n) is 7.69. The summed E-state index contributed by atoms with van der Waals surface area (Å²) >= 11 is 15.9. The third-order valence-electron chi connectivity index (χ3n) is 3.21. The predicted octanol–water partition coefficient (Wildman–Crippen LogP) is 3.76. The van der Waals surface area contributed by atoms with Crippen molar-refractivity contribution in [1.82, 2.24) is 5.32 Å². The Hall–Kier alpha value is -1.83. The Morgan fingerprint density at radius 2 is 2.04 bits per heavy atom. The molecule has 1 N–H and O–H groups in total. The van der Waals surface area contributed by atoms with Gasteiger partial charge in [0.05, 0.1) is 11.6 Å². The lowest BCUT2D eigenvalue weighted by Gasteiger charge is -2.14. The van der Waals surface area contributed by atoms with E-state index >= 15 is 0 Å². The number of carbonyl (C=O) groups is 2. The summed E-state index contributed by atoms with van der Waals surface area (Å²) in [4.78, 5) is 23.9. The number of halogens is 2. The predicted molar refractivity (Wildman–Crippen MR) is 101 cm³/mol. The van der Waals surface area contributed by atoms with Crippen molar-refractivity contribution in [3.05, 3.63) is 51.9 Å². The summed E-state index contributed by atoms with van der Waals surface area (Å²) in [6.07, 6.45) is 0. The molecule has 26 heavy (non-hydrogen) atoms. The highest BCUT2D eigenvalue weighted by atomic mass is 35.5. The SMILES string of the molecule is CCOC(=O)[C@H](CS)NC(=O)c1ccc(COc2ccc(Cl)cc2Cl)o1. The zero-order valence-corrected chi connectivity index (χ0v) is 16.2. The summed E-state index contributed by atoms with van der Waals surface area (Å²) in [5, 5.41) is 3.38. The van der Waals surface area contributed by atoms with Gasteiger partial charge in [-0.15, -0.1) is 0 Å². The minimum atomic E-state index is -0.858. The summed E-state index contributed by atoms with van der Waals surface area (Å²) in [6.45, 7) is 1.97. The number of rotatable bonds is 8. The number of furan rings is 1. The first-order valence-corrected chi connectivity index (χ1v) is 9.08. The Labute approximate surface area is 166 Å². The number of esters is 1. The molecule has 6 nitrogen and oxygen atoms in total. The van der Waals surface area contributed by atoms with Gasteiger partial charge in [0, 0.05) is 10.8 Å². The second-order valence-electron chi connectivity index (χ2n) is 5.09.